The summed E-state index contributed by atoms with van der Waals surface area (Å²) in [6, 6.07) is 11.8. The summed E-state index contributed by atoms with van der Waals surface area (Å²) in [6.45, 7) is 17.5. The van der Waals surface area contributed by atoms with E-state index in [4.69, 9.17) is 14.2 Å². The number of likely N-dealkylation sites (tertiary alicyclic amines) is 1. The van der Waals surface area contributed by atoms with Crippen LogP contribution >= 0.6 is 0 Å². The van der Waals surface area contributed by atoms with Gasteiger partial charge in [-0.2, -0.15) is 0 Å². The van der Waals surface area contributed by atoms with Gasteiger partial charge in [-0.1, -0.05) is 12.1 Å². The predicted molar refractivity (Wildman–Crippen MR) is 227 cm³/mol. The molecule has 1 amide bonds. The highest BCUT2D eigenvalue weighted by atomic mass is 16.6. The summed E-state index contributed by atoms with van der Waals surface area (Å²) in [5.41, 5.74) is 3.48. The number of nitrogens with zero attached hydrogens (tertiary/aromatic N) is 5. The Morgan fingerprint density at radius 1 is 0.712 bits per heavy atom. The average Bonchev–Trinajstić information content (AvgIpc) is 3.20. The Bertz CT molecular complexity index is 2210. The number of piperidine rings is 2. The summed E-state index contributed by atoms with van der Waals surface area (Å²) in [5.74, 6) is -0.319. The summed E-state index contributed by atoms with van der Waals surface area (Å²) in [7, 11) is 0. The molecule has 0 spiro atoms. The second kappa shape index (κ2) is 19.8. The molecule has 2 aliphatic rings. The second-order valence-corrected chi connectivity index (χ2v) is 16.9. The number of carbonyl (C=O) groups is 3. The van der Waals surface area contributed by atoms with Gasteiger partial charge in [-0.3, -0.25) is 19.2 Å². The molecular weight excluding hydrogens is 753 g/mol. The molecule has 4 heterocycles. The van der Waals surface area contributed by atoms with Gasteiger partial charge >= 0.3 is 18.0 Å². The van der Waals surface area contributed by atoms with E-state index in [1.165, 1.54) is 12.4 Å². The summed E-state index contributed by atoms with van der Waals surface area (Å²) in [6.07, 6.45) is 7.67. The highest BCUT2D eigenvalue weighted by Gasteiger charge is 2.44. The van der Waals surface area contributed by atoms with Crippen molar-refractivity contribution in [3.05, 3.63) is 80.6 Å². The molecule has 1 N–H and O–H groups in total. The molecule has 4 aromatic rings. The largest absolute Gasteiger partial charge is 0.466 e. The first-order valence-corrected chi connectivity index (χ1v) is 21.1. The fourth-order valence-electron chi connectivity index (χ4n) is 8.19. The van der Waals surface area contributed by atoms with Gasteiger partial charge in [-0.05, 0) is 148 Å². The van der Waals surface area contributed by atoms with Crippen LogP contribution in [0.4, 0.5) is 4.79 Å². The molecule has 14 heteroatoms. The lowest BCUT2D eigenvalue weighted by Crippen LogP contribution is -2.48. The summed E-state index contributed by atoms with van der Waals surface area (Å²) < 4.78 is 19.8. The van der Waals surface area contributed by atoms with Crippen LogP contribution in [-0.2, 0) is 36.9 Å². The zero-order valence-electron chi connectivity index (χ0n) is 35.9. The minimum Gasteiger partial charge on any atom is -0.466 e. The third-order valence-corrected chi connectivity index (χ3v) is 11.4. The number of hydrogen-bond acceptors (Lipinski definition) is 11. The smallest absolute Gasteiger partial charge is 0.410 e. The summed E-state index contributed by atoms with van der Waals surface area (Å²) in [5, 5.41) is 3.31. The van der Waals surface area contributed by atoms with E-state index in [9.17, 15) is 24.0 Å². The molecule has 2 fully saturated rings. The van der Waals surface area contributed by atoms with E-state index >= 15 is 0 Å². The number of amides is 1. The number of benzene rings is 2. The van der Waals surface area contributed by atoms with E-state index in [0.717, 1.165) is 72.0 Å². The van der Waals surface area contributed by atoms with Crippen LogP contribution in [0.1, 0.15) is 97.1 Å². The van der Waals surface area contributed by atoms with Gasteiger partial charge in [0, 0.05) is 26.2 Å². The number of carbonyl (C=O) groups excluding carboxylic acids is 3. The van der Waals surface area contributed by atoms with Gasteiger partial charge in [0.05, 0.1) is 58.5 Å². The maximum absolute atomic E-state index is 13.0. The third kappa shape index (κ3) is 11.3. The highest BCUT2D eigenvalue weighted by molar-refractivity contribution is 5.79. The monoisotopic (exact) mass is 814 g/mol. The van der Waals surface area contributed by atoms with Crippen molar-refractivity contribution in [1.29, 1.82) is 0 Å². The Hall–Kier alpha value is -5.11. The number of aryl methyl sites for hydroxylation is 4. The summed E-state index contributed by atoms with van der Waals surface area (Å²) in [4.78, 5) is 73.0. The van der Waals surface area contributed by atoms with Crippen molar-refractivity contribution in [2.75, 3.05) is 39.4 Å². The standard InChI is InChI=1S/C25H35N3O5.C20H27N3O3/c1-6-32-22(30)25(11-14-27(15-12-25)23(31)33-24(3,4)5)10-7-13-28-20-16-18(2)8-9-19(20)26-17-21(28)29;1-3-26-19(25)20(8-10-21-11-9-20)7-4-12-23-17-13-15(2)5-6-16(17)22-14-18(23)24/h8-9,16-17H,6-7,10-15H2,1-5H3;5-6,13-14,21H,3-4,7-12H2,1-2H3. The number of rotatable bonds is 12. The Labute approximate surface area is 346 Å². The predicted octanol–water partition coefficient (Wildman–Crippen LogP) is 6.48. The van der Waals surface area contributed by atoms with Crippen LogP contribution in [0.25, 0.3) is 22.1 Å². The molecule has 59 heavy (non-hydrogen) atoms. The van der Waals surface area contributed by atoms with Gasteiger partial charge in [-0.15, -0.1) is 0 Å². The first-order valence-electron chi connectivity index (χ1n) is 21.1. The first kappa shape index (κ1) is 45.0. The van der Waals surface area contributed by atoms with Crippen molar-refractivity contribution < 1.29 is 28.6 Å². The van der Waals surface area contributed by atoms with Crippen molar-refractivity contribution in [2.45, 2.75) is 119 Å². The maximum atomic E-state index is 13.0. The minimum atomic E-state index is -0.670. The molecule has 0 atom stereocenters. The molecule has 6 rings (SSSR count). The van der Waals surface area contributed by atoms with Gasteiger partial charge in [0.2, 0.25) is 0 Å². The number of hydrogen-bond donors (Lipinski definition) is 1. The SMILES string of the molecule is CCOC(=O)C1(CCCn2c(=O)cnc3ccc(C)cc32)CCN(C(=O)OC(C)(C)C)CC1.CCOC(=O)C1(CCCn2c(=O)cnc3ccc(C)cc32)CCNCC1. The molecule has 0 bridgehead atoms. The zero-order valence-corrected chi connectivity index (χ0v) is 35.9. The number of aromatic nitrogens is 4. The van der Waals surface area contributed by atoms with Crippen molar-refractivity contribution in [2.24, 2.45) is 10.8 Å². The van der Waals surface area contributed by atoms with E-state index in [1.54, 1.807) is 21.0 Å². The molecule has 0 saturated carbocycles. The molecule has 0 unspecified atom stereocenters. The lowest BCUT2D eigenvalue weighted by molar-refractivity contribution is -0.159. The van der Waals surface area contributed by atoms with Crippen molar-refractivity contribution in [3.8, 4) is 0 Å². The first-order chi connectivity index (χ1) is 28.1. The number of nitrogens with one attached hydrogen (secondary N) is 1. The lowest BCUT2D eigenvalue weighted by atomic mass is 9.74. The molecule has 2 aromatic carbocycles. The summed E-state index contributed by atoms with van der Waals surface area (Å²) >= 11 is 0. The van der Waals surface area contributed by atoms with Gasteiger partial charge in [0.25, 0.3) is 11.1 Å². The van der Waals surface area contributed by atoms with Crippen molar-refractivity contribution >= 4 is 40.1 Å². The Morgan fingerprint density at radius 3 is 1.58 bits per heavy atom. The van der Waals surface area contributed by atoms with Crippen LogP contribution < -0.4 is 16.4 Å². The van der Waals surface area contributed by atoms with E-state index in [-0.39, 0.29) is 29.2 Å². The zero-order chi connectivity index (χ0) is 42.8. The normalized spacial score (nSPS) is 16.2. The average molecular weight is 815 g/mol. The van der Waals surface area contributed by atoms with Gasteiger partial charge in [0.1, 0.15) is 5.60 Å². The molecule has 0 radical (unpaired) electrons. The Balaban J connectivity index is 0.000000230. The van der Waals surface area contributed by atoms with Crippen LogP contribution in [0.2, 0.25) is 0 Å². The molecule has 0 aliphatic carbocycles. The topological polar surface area (TPSA) is 164 Å². The van der Waals surface area contributed by atoms with Gasteiger partial charge in [0.15, 0.2) is 0 Å². The van der Waals surface area contributed by atoms with Gasteiger partial charge in [-0.25, -0.2) is 14.8 Å². The van der Waals surface area contributed by atoms with Crippen LogP contribution in [0.15, 0.2) is 58.4 Å². The van der Waals surface area contributed by atoms with Crippen molar-refractivity contribution in [1.82, 2.24) is 29.3 Å². The number of ether oxygens (including phenoxy) is 3. The fraction of sp³-hybridized carbons (Fsp3) is 0.578. The molecule has 320 valence electrons. The number of esters is 2. The minimum absolute atomic E-state index is 0.0933. The molecule has 2 saturated heterocycles. The van der Waals surface area contributed by atoms with E-state index in [1.807, 2.05) is 77.9 Å². The maximum Gasteiger partial charge on any atom is 0.410 e. The Morgan fingerprint density at radius 2 is 1.15 bits per heavy atom. The lowest BCUT2D eigenvalue weighted by Gasteiger charge is -2.40. The quantitative estimate of drug-likeness (QED) is 0.123. The second-order valence-electron chi connectivity index (χ2n) is 16.9. The van der Waals surface area contributed by atoms with Crippen LogP contribution in [0, 0.1) is 24.7 Å². The van der Waals surface area contributed by atoms with Crippen LogP contribution in [0.5, 0.6) is 0 Å². The molecular formula is C45H62N6O8. The third-order valence-electron chi connectivity index (χ3n) is 11.4. The number of fused-ring (bicyclic) bond motifs is 2. The van der Waals surface area contributed by atoms with Crippen molar-refractivity contribution in [3.63, 3.8) is 0 Å². The van der Waals surface area contributed by atoms with E-state index in [0.29, 0.717) is 65.1 Å². The highest BCUT2D eigenvalue weighted by Crippen LogP contribution is 2.39. The van der Waals surface area contributed by atoms with Gasteiger partial charge < -0.3 is 33.6 Å². The molecule has 14 nitrogen and oxygen atoms in total. The van der Waals surface area contributed by atoms with Crippen LogP contribution in [0.3, 0.4) is 0 Å². The van der Waals surface area contributed by atoms with E-state index in [2.05, 4.69) is 15.3 Å². The molecule has 2 aromatic heterocycles. The fourth-order valence-corrected chi connectivity index (χ4v) is 8.19. The molecule has 2 aliphatic heterocycles. The Kier molecular flexibility index (Phi) is 15.1. The van der Waals surface area contributed by atoms with E-state index < -0.39 is 16.4 Å². The van der Waals surface area contributed by atoms with Crippen LogP contribution in [-0.4, -0.2) is 87.0 Å².